The molecule has 112 valence electrons. The number of benzene rings is 3. The molecule has 23 heavy (non-hydrogen) atoms. The van der Waals surface area contributed by atoms with Crippen molar-refractivity contribution in [2.75, 3.05) is 0 Å². The SMILES string of the molecule is Cc1ccccc1Sc1c(-c2ccccc2)oc2ccccc12. The van der Waals surface area contributed by atoms with Crippen molar-refractivity contribution in [1.82, 2.24) is 0 Å². The molecule has 4 aromatic rings. The molecule has 1 aromatic heterocycles. The third-order valence-electron chi connectivity index (χ3n) is 3.89. The highest BCUT2D eigenvalue weighted by atomic mass is 32.2. The number of para-hydroxylation sites is 1. The monoisotopic (exact) mass is 316 g/mol. The van der Waals surface area contributed by atoms with Gasteiger partial charge in [-0.05, 0) is 30.7 Å². The summed E-state index contributed by atoms with van der Waals surface area (Å²) in [5.41, 5.74) is 3.32. The summed E-state index contributed by atoms with van der Waals surface area (Å²) in [7, 11) is 0. The topological polar surface area (TPSA) is 13.1 Å². The standard InChI is InChI=1S/C21H16OS/c1-15-9-5-8-14-19(15)23-21-17-12-6-7-13-18(17)22-20(21)16-10-3-2-4-11-16/h2-14H,1H3. The van der Waals surface area contributed by atoms with E-state index in [0.29, 0.717) is 0 Å². The lowest BCUT2D eigenvalue weighted by atomic mass is 10.1. The Morgan fingerprint density at radius 1 is 0.739 bits per heavy atom. The molecule has 0 amide bonds. The van der Waals surface area contributed by atoms with Crippen LogP contribution in [0.5, 0.6) is 0 Å². The minimum absolute atomic E-state index is 0.933. The van der Waals surface area contributed by atoms with Gasteiger partial charge in [-0.25, -0.2) is 0 Å². The average Bonchev–Trinajstić information content (AvgIpc) is 2.96. The highest BCUT2D eigenvalue weighted by molar-refractivity contribution is 7.99. The maximum absolute atomic E-state index is 6.18. The summed E-state index contributed by atoms with van der Waals surface area (Å²) >= 11 is 1.78. The van der Waals surface area contributed by atoms with E-state index in [0.717, 1.165) is 16.9 Å². The minimum atomic E-state index is 0.933. The summed E-state index contributed by atoms with van der Waals surface area (Å²) < 4.78 is 6.18. The first-order valence-electron chi connectivity index (χ1n) is 7.63. The number of hydrogen-bond donors (Lipinski definition) is 0. The number of hydrogen-bond acceptors (Lipinski definition) is 2. The zero-order valence-electron chi connectivity index (χ0n) is 12.8. The van der Waals surface area contributed by atoms with Crippen LogP contribution in [0.2, 0.25) is 0 Å². The Hall–Kier alpha value is -2.45. The van der Waals surface area contributed by atoms with E-state index in [1.54, 1.807) is 11.8 Å². The Balaban J connectivity index is 1.92. The van der Waals surface area contributed by atoms with Gasteiger partial charge < -0.3 is 4.42 Å². The smallest absolute Gasteiger partial charge is 0.149 e. The van der Waals surface area contributed by atoms with Gasteiger partial charge in [0, 0.05) is 15.8 Å². The minimum Gasteiger partial charge on any atom is -0.455 e. The molecule has 0 aliphatic rings. The van der Waals surface area contributed by atoms with Gasteiger partial charge in [0.2, 0.25) is 0 Å². The number of fused-ring (bicyclic) bond motifs is 1. The highest BCUT2D eigenvalue weighted by Gasteiger charge is 2.17. The van der Waals surface area contributed by atoms with Gasteiger partial charge in [0.05, 0.1) is 4.90 Å². The molecule has 0 saturated heterocycles. The molecular weight excluding hydrogens is 300 g/mol. The normalized spacial score (nSPS) is 11.0. The van der Waals surface area contributed by atoms with Crippen LogP contribution in [0.4, 0.5) is 0 Å². The molecule has 1 nitrogen and oxygen atoms in total. The predicted octanol–water partition coefficient (Wildman–Crippen LogP) is 6.56. The highest BCUT2D eigenvalue weighted by Crippen LogP contribution is 2.43. The van der Waals surface area contributed by atoms with E-state index in [2.05, 4.69) is 55.5 Å². The Bertz CT molecular complexity index is 954. The van der Waals surface area contributed by atoms with Crippen LogP contribution in [0, 0.1) is 6.92 Å². The fourth-order valence-corrected chi connectivity index (χ4v) is 3.81. The van der Waals surface area contributed by atoms with Crippen LogP contribution in [-0.2, 0) is 0 Å². The van der Waals surface area contributed by atoms with Crippen molar-refractivity contribution in [3.8, 4) is 11.3 Å². The molecule has 4 rings (SSSR count). The zero-order valence-corrected chi connectivity index (χ0v) is 13.6. The number of furan rings is 1. The molecule has 0 N–H and O–H groups in total. The average molecular weight is 316 g/mol. The Kier molecular flexibility index (Phi) is 3.68. The Morgan fingerprint density at radius 2 is 1.43 bits per heavy atom. The maximum Gasteiger partial charge on any atom is 0.149 e. The van der Waals surface area contributed by atoms with Crippen molar-refractivity contribution in [2.45, 2.75) is 16.7 Å². The molecule has 0 bridgehead atoms. The summed E-state index contributed by atoms with van der Waals surface area (Å²) in [5.74, 6) is 0.944. The van der Waals surface area contributed by atoms with Crippen molar-refractivity contribution in [1.29, 1.82) is 0 Å². The van der Waals surface area contributed by atoms with Gasteiger partial charge in [-0.15, -0.1) is 0 Å². The van der Waals surface area contributed by atoms with Crippen molar-refractivity contribution in [2.24, 2.45) is 0 Å². The Morgan fingerprint density at radius 3 is 2.26 bits per heavy atom. The summed E-state index contributed by atoms with van der Waals surface area (Å²) in [6, 6.07) is 27.0. The molecule has 0 fully saturated rings. The lowest BCUT2D eigenvalue weighted by molar-refractivity contribution is 0.625. The molecule has 0 aliphatic heterocycles. The summed E-state index contributed by atoms with van der Waals surface area (Å²) in [4.78, 5) is 2.44. The number of aryl methyl sites for hydroxylation is 1. The first kappa shape index (κ1) is 14.2. The second-order valence-corrected chi connectivity index (χ2v) is 6.54. The summed E-state index contributed by atoms with van der Waals surface area (Å²) in [5, 5.41) is 1.17. The maximum atomic E-state index is 6.18. The summed E-state index contributed by atoms with van der Waals surface area (Å²) in [6.07, 6.45) is 0. The molecule has 3 aromatic carbocycles. The third kappa shape index (κ3) is 2.66. The predicted molar refractivity (Wildman–Crippen MR) is 97.0 cm³/mol. The lowest BCUT2D eigenvalue weighted by Crippen LogP contribution is -1.81. The van der Waals surface area contributed by atoms with Crippen molar-refractivity contribution in [3.63, 3.8) is 0 Å². The molecule has 0 unspecified atom stereocenters. The van der Waals surface area contributed by atoms with Crippen LogP contribution in [0.25, 0.3) is 22.3 Å². The van der Waals surface area contributed by atoms with Gasteiger partial charge in [-0.3, -0.25) is 0 Å². The first-order valence-corrected chi connectivity index (χ1v) is 8.45. The van der Waals surface area contributed by atoms with Crippen molar-refractivity contribution < 1.29 is 4.42 Å². The van der Waals surface area contributed by atoms with Crippen molar-refractivity contribution in [3.05, 3.63) is 84.4 Å². The van der Waals surface area contributed by atoms with Crippen LogP contribution in [0.15, 0.2) is 93.1 Å². The molecular formula is C21H16OS. The van der Waals surface area contributed by atoms with Gasteiger partial charge in [0.1, 0.15) is 11.3 Å². The van der Waals surface area contributed by atoms with E-state index >= 15 is 0 Å². The molecule has 0 aliphatic carbocycles. The summed E-state index contributed by atoms with van der Waals surface area (Å²) in [6.45, 7) is 2.15. The van der Waals surface area contributed by atoms with Crippen LogP contribution in [0.1, 0.15) is 5.56 Å². The van der Waals surface area contributed by atoms with Crippen molar-refractivity contribution >= 4 is 22.7 Å². The van der Waals surface area contributed by atoms with Gasteiger partial charge >= 0.3 is 0 Å². The van der Waals surface area contributed by atoms with Gasteiger partial charge in [0.15, 0.2) is 0 Å². The van der Waals surface area contributed by atoms with E-state index in [9.17, 15) is 0 Å². The molecule has 2 heteroatoms. The third-order valence-corrected chi connectivity index (χ3v) is 5.18. The molecule has 0 saturated carbocycles. The first-order chi connectivity index (χ1) is 11.3. The Labute approximate surface area is 140 Å². The largest absolute Gasteiger partial charge is 0.455 e. The van der Waals surface area contributed by atoms with Crippen LogP contribution < -0.4 is 0 Å². The van der Waals surface area contributed by atoms with Crippen LogP contribution in [0.3, 0.4) is 0 Å². The van der Waals surface area contributed by atoms with E-state index < -0.39 is 0 Å². The molecule has 1 heterocycles. The quantitative estimate of drug-likeness (QED) is 0.424. The van der Waals surface area contributed by atoms with Crippen LogP contribution in [-0.4, -0.2) is 0 Å². The zero-order chi connectivity index (χ0) is 15.6. The van der Waals surface area contributed by atoms with Gasteiger partial charge in [0.25, 0.3) is 0 Å². The molecule has 0 spiro atoms. The number of rotatable bonds is 3. The van der Waals surface area contributed by atoms with E-state index in [1.165, 1.54) is 20.7 Å². The second-order valence-electron chi connectivity index (χ2n) is 5.49. The molecule has 0 radical (unpaired) electrons. The van der Waals surface area contributed by atoms with Gasteiger partial charge in [-0.1, -0.05) is 72.4 Å². The van der Waals surface area contributed by atoms with E-state index in [1.807, 2.05) is 30.3 Å². The van der Waals surface area contributed by atoms with Gasteiger partial charge in [-0.2, -0.15) is 0 Å². The fraction of sp³-hybridized carbons (Fsp3) is 0.0476. The molecule has 0 atom stereocenters. The van der Waals surface area contributed by atoms with E-state index in [-0.39, 0.29) is 0 Å². The second kappa shape index (κ2) is 5.98. The van der Waals surface area contributed by atoms with E-state index in [4.69, 9.17) is 4.42 Å². The van der Waals surface area contributed by atoms with Crippen LogP contribution >= 0.6 is 11.8 Å². The fourth-order valence-electron chi connectivity index (χ4n) is 2.68. The lowest BCUT2D eigenvalue weighted by Gasteiger charge is -2.06.